The number of nitrogen functional groups attached to an aromatic ring is 1. The number of benzene rings is 1. The second kappa shape index (κ2) is 6.03. The van der Waals surface area contributed by atoms with Crippen molar-refractivity contribution >= 4 is 34.1 Å². The molecule has 0 amide bonds. The first-order chi connectivity index (χ1) is 9.06. The maximum Gasteiger partial charge on any atom is 0.208 e. The summed E-state index contributed by atoms with van der Waals surface area (Å²) < 4.78 is 0.958. The molecule has 1 aromatic carbocycles. The van der Waals surface area contributed by atoms with Crippen LogP contribution in [0.1, 0.15) is 11.1 Å². The number of nitrogens with zero attached hydrogens (tertiary/aromatic N) is 3. The van der Waals surface area contributed by atoms with E-state index in [9.17, 15) is 0 Å². The summed E-state index contributed by atoms with van der Waals surface area (Å²) in [7, 11) is 3.91. The molecule has 100 valence electrons. The Balaban J connectivity index is 1.96. The van der Waals surface area contributed by atoms with Crippen LogP contribution in [0.15, 0.2) is 28.6 Å². The fourth-order valence-corrected chi connectivity index (χ4v) is 3.09. The van der Waals surface area contributed by atoms with E-state index in [4.69, 9.17) is 11.1 Å². The molecule has 2 aromatic rings. The Morgan fingerprint density at radius 2 is 2.00 bits per heavy atom. The Morgan fingerprint density at radius 3 is 2.53 bits per heavy atom. The Labute approximate surface area is 120 Å². The van der Waals surface area contributed by atoms with Gasteiger partial charge in [0, 0.05) is 25.4 Å². The minimum atomic E-state index is 0.0963. The smallest absolute Gasteiger partial charge is 0.208 e. The van der Waals surface area contributed by atoms with Crippen molar-refractivity contribution in [3.8, 4) is 0 Å². The van der Waals surface area contributed by atoms with Crippen LogP contribution in [0.4, 0.5) is 5.13 Å². The Bertz CT molecular complexity index is 562. The first-order valence-electron chi connectivity index (χ1n) is 5.63. The zero-order valence-electron chi connectivity index (χ0n) is 10.8. The third-order valence-corrected chi connectivity index (χ3v) is 4.70. The highest BCUT2D eigenvalue weighted by atomic mass is 32.2. The third-order valence-electron chi connectivity index (χ3n) is 2.41. The number of nitrogens with one attached hydrogen (secondary N) is 1. The van der Waals surface area contributed by atoms with Crippen LogP contribution < -0.4 is 10.6 Å². The summed E-state index contributed by atoms with van der Waals surface area (Å²) in [5, 5.41) is 16.5. The molecular weight excluding hydrogens is 278 g/mol. The van der Waals surface area contributed by atoms with Gasteiger partial charge in [0.1, 0.15) is 5.84 Å². The van der Waals surface area contributed by atoms with Crippen molar-refractivity contribution in [3.63, 3.8) is 0 Å². The van der Waals surface area contributed by atoms with Crippen LogP contribution in [-0.4, -0.2) is 30.1 Å². The summed E-state index contributed by atoms with van der Waals surface area (Å²) in [6.45, 7) is 0. The highest BCUT2D eigenvalue weighted by Gasteiger charge is 2.06. The summed E-state index contributed by atoms with van der Waals surface area (Å²) >= 11 is 3.24. The van der Waals surface area contributed by atoms with Crippen molar-refractivity contribution in [2.45, 2.75) is 10.1 Å². The van der Waals surface area contributed by atoms with E-state index in [1.165, 1.54) is 5.56 Å². The average Bonchev–Trinajstić information content (AvgIpc) is 2.86. The molecular formula is C12H15N5S2. The van der Waals surface area contributed by atoms with Crippen LogP contribution in [0.3, 0.4) is 0 Å². The summed E-state index contributed by atoms with van der Waals surface area (Å²) in [4.78, 5) is 1.95. The topological polar surface area (TPSA) is 78.9 Å². The van der Waals surface area contributed by atoms with Crippen molar-refractivity contribution in [1.29, 1.82) is 5.41 Å². The number of rotatable bonds is 5. The van der Waals surface area contributed by atoms with Crippen molar-refractivity contribution < 1.29 is 0 Å². The van der Waals surface area contributed by atoms with Gasteiger partial charge in [-0.2, -0.15) is 0 Å². The number of thioether (sulfide) groups is 1. The number of aromatic nitrogens is 2. The quantitative estimate of drug-likeness (QED) is 0.502. The van der Waals surface area contributed by atoms with Crippen molar-refractivity contribution in [2.24, 2.45) is 5.73 Å². The largest absolute Gasteiger partial charge is 0.384 e. The lowest BCUT2D eigenvalue weighted by molar-refractivity contribution is 0.972. The monoisotopic (exact) mass is 293 g/mol. The van der Waals surface area contributed by atoms with Crippen LogP contribution in [0.25, 0.3) is 0 Å². The van der Waals surface area contributed by atoms with Crippen LogP contribution in [0.2, 0.25) is 0 Å². The Kier molecular flexibility index (Phi) is 4.39. The highest BCUT2D eigenvalue weighted by molar-refractivity contribution is 8.00. The van der Waals surface area contributed by atoms with Crippen LogP contribution >= 0.6 is 23.1 Å². The summed E-state index contributed by atoms with van der Waals surface area (Å²) in [6.07, 6.45) is 0. The standard InChI is InChI=1S/C12H15N5S2/c1-17(2)11-15-16-12(19-11)18-7-8-3-5-9(6-4-8)10(13)14/h3-6H,7H2,1-2H3,(H3,13,14). The van der Waals surface area contributed by atoms with Crippen LogP contribution in [0, 0.1) is 5.41 Å². The molecule has 0 saturated heterocycles. The molecule has 0 saturated carbocycles. The van der Waals surface area contributed by atoms with Gasteiger partial charge in [0.05, 0.1) is 0 Å². The molecule has 1 heterocycles. The Hall–Kier alpha value is -1.60. The van der Waals surface area contributed by atoms with E-state index in [0.717, 1.165) is 20.8 Å². The van der Waals surface area contributed by atoms with Crippen molar-refractivity contribution in [1.82, 2.24) is 10.2 Å². The molecule has 1 aromatic heterocycles. The highest BCUT2D eigenvalue weighted by Crippen LogP contribution is 2.29. The lowest BCUT2D eigenvalue weighted by Crippen LogP contribution is -2.10. The van der Waals surface area contributed by atoms with E-state index >= 15 is 0 Å². The fraction of sp³-hybridized carbons (Fsp3) is 0.250. The molecule has 0 radical (unpaired) electrons. The zero-order valence-corrected chi connectivity index (χ0v) is 12.4. The van der Waals surface area contributed by atoms with Gasteiger partial charge >= 0.3 is 0 Å². The van der Waals surface area contributed by atoms with Gasteiger partial charge in [-0.1, -0.05) is 47.4 Å². The molecule has 3 N–H and O–H groups in total. The van der Waals surface area contributed by atoms with E-state index in [1.54, 1.807) is 23.1 Å². The summed E-state index contributed by atoms with van der Waals surface area (Å²) in [5.74, 6) is 0.930. The molecule has 0 aliphatic rings. The van der Waals surface area contributed by atoms with Gasteiger partial charge in [-0.05, 0) is 5.56 Å². The van der Waals surface area contributed by atoms with E-state index in [2.05, 4.69) is 10.2 Å². The van der Waals surface area contributed by atoms with Crippen LogP contribution in [0.5, 0.6) is 0 Å². The molecule has 0 spiro atoms. The molecule has 0 bridgehead atoms. The number of nitrogens with two attached hydrogens (primary N) is 1. The van der Waals surface area contributed by atoms with Gasteiger partial charge in [-0.15, -0.1) is 10.2 Å². The number of hydrogen-bond acceptors (Lipinski definition) is 6. The summed E-state index contributed by atoms with van der Waals surface area (Å²) in [5.41, 5.74) is 7.34. The molecule has 0 aliphatic carbocycles. The number of amidine groups is 1. The SMILES string of the molecule is CN(C)c1nnc(SCc2ccc(C(=N)N)cc2)s1. The van der Waals surface area contributed by atoms with Crippen molar-refractivity contribution in [3.05, 3.63) is 35.4 Å². The minimum absolute atomic E-state index is 0.0963. The first-order valence-corrected chi connectivity index (χ1v) is 7.43. The molecule has 0 unspecified atom stereocenters. The predicted octanol–water partition coefficient (Wildman–Crippen LogP) is 2.18. The average molecular weight is 293 g/mol. The van der Waals surface area contributed by atoms with E-state index in [1.807, 2.05) is 43.3 Å². The number of anilines is 1. The minimum Gasteiger partial charge on any atom is -0.384 e. The molecule has 0 atom stereocenters. The van der Waals surface area contributed by atoms with Gasteiger partial charge in [0.2, 0.25) is 5.13 Å². The maximum atomic E-state index is 7.34. The lowest BCUT2D eigenvalue weighted by atomic mass is 10.1. The molecule has 2 rings (SSSR count). The van der Waals surface area contributed by atoms with E-state index < -0.39 is 0 Å². The summed E-state index contributed by atoms with van der Waals surface area (Å²) in [6, 6.07) is 7.70. The number of hydrogen-bond donors (Lipinski definition) is 2. The van der Waals surface area contributed by atoms with E-state index in [0.29, 0.717) is 0 Å². The van der Waals surface area contributed by atoms with Gasteiger partial charge in [-0.25, -0.2) is 0 Å². The normalized spacial score (nSPS) is 10.4. The van der Waals surface area contributed by atoms with E-state index in [-0.39, 0.29) is 5.84 Å². The first kappa shape index (κ1) is 13.8. The molecule has 7 heteroatoms. The fourth-order valence-electron chi connectivity index (χ4n) is 1.37. The zero-order chi connectivity index (χ0) is 13.8. The van der Waals surface area contributed by atoms with Gasteiger partial charge < -0.3 is 10.6 Å². The van der Waals surface area contributed by atoms with Gasteiger partial charge in [0.25, 0.3) is 0 Å². The van der Waals surface area contributed by atoms with Gasteiger partial charge in [0.15, 0.2) is 4.34 Å². The van der Waals surface area contributed by atoms with Crippen molar-refractivity contribution in [2.75, 3.05) is 19.0 Å². The van der Waals surface area contributed by atoms with Gasteiger partial charge in [-0.3, -0.25) is 5.41 Å². The second-order valence-electron chi connectivity index (χ2n) is 4.14. The third kappa shape index (κ3) is 3.68. The molecule has 0 aliphatic heterocycles. The van der Waals surface area contributed by atoms with Crippen LogP contribution in [-0.2, 0) is 5.75 Å². The maximum absolute atomic E-state index is 7.34. The molecule has 0 fully saturated rings. The molecule has 5 nitrogen and oxygen atoms in total. The molecule has 19 heavy (non-hydrogen) atoms. The lowest BCUT2D eigenvalue weighted by Gasteiger charge is -2.04. The Morgan fingerprint density at radius 1 is 1.32 bits per heavy atom. The second-order valence-corrected chi connectivity index (χ2v) is 6.32. The predicted molar refractivity (Wildman–Crippen MR) is 81.3 cm³/mol.